The highest BCUT2D eigenvalue weighted by Crippen LogP contribution is 2.48. The minimum absolute atomic E-state index is 0.101. The number of carbonyl (C=O) groups excluding carboxylic acids is 6. The van der Waals surface area contributed by atoms with Gasteiger partial charge in [0.1, 0.15) is 11.6 Å². The van der Waals surface area contributed by atoms with Crippen LogP contribution in [-0.2, 0) is 24.0 Å². The molecule has 12 heteroatoms. The SMILES string of the molecule is CCC1CC(=O)N(CCCCCC(=O)N[C@H](C(=O)NC2(C(=O)I)C[C@H]2CCNC(N)=O)C(C)C)C1=O. The van der Waals surface area contributed by atoms with Gasteiger partial charge in [-0.15, -0.1) is 0 Å². The molecule has 1 heterocycles. The van der Waals surface area contributed by atoms with Crippen LogP contribution in [0.4, 0.5) is 4.79 Å². The van der Waals surface area contributed by atoms with Gasteiger partial charge in [-0.25, -0.2) is 4.79 Å². The molecule has 5 N–H and O–H groups in total. The number of unbranched alkanes of at least 4 members (excludes halogenated alkanes) is 2. The number of nitrogens with one attached hydrogen (secondary N) is 3. The molecule has 0 aromatic carbocycles. The predicted octanol–water partition coefficient (Wildman–Crippen LogP) is 1.37. The zero-order valence-corrected chi connectivity index (χ0v) is 23.4. The first-order valence-electron chi connectivity index (χ1n) is 12.6. The van der Waals surface area contributed by atoms with Gasteiger partial charge in [-0.2, -0.15) is 0 Å². The van der Waals surface area contributed by atoms with Gasteiger partial charge in [0.15, 0.2) is 0 Å². The number of nitrogens with two attached hydrogens (primary N) is 1. The molecule has 6 amide bonds. The Labute approximate surface area is 225 Å². The highest BCUT2D eigenvalue weighted by atomic mass is 127. The van der Waals surface area contributed by atoms with Gasteiger partial charge in [-0.05, 0) is 43.9 Å². The third-order valence-electron chi connectivity index (χ3n) is 6.98. The fraction of sp³-hybridized carbons (Fsp3) is 0.750. The van der Waals surface area contributed by atoms with Crippen LogP contribution in [0.2, 0.25) is 0 Å². The lowest BCUT2D eigenvalue weighted by atomic mass is 10.0. The minimum atomic E-state index is -0.990. The van der Waals surface area contributed by atoms with Crippen molar-refractivity contribution in [1.82, 2.24) is 20.9 Å². The van der Waals surface area contributed by atoms with Crippen LogP contribution in [0.25, 0.3) is 0 Å². The minimum Gasteiger partial charge on any atom is -0.352 e. The fourth-order valence-corrected chi connectivity index (χ4v) is 5.40. The van der Waals surface area contributed by atoms with Crippen molar-refractivity contribution in [2.45, 2.75) is 83.7 Å². The van der Waals surface area contributed by atoms with Crippen LogP contribution in [0.5, 0.6) is 0 Å². The van der Waals surface area contributed by atoms with E-state index in [2.05, 4.69) is 16.0 Å². The molecule has 2 unspecified atom stereocenters. The largest absolute Gasteiger partial charge is 0.352 e. The molecule has 2 aliphatic rings. The van der Waals surface area contributed by atoms with Gasteiger partial charge in [-0.1, -0.05) is 27.2 Å². The van der Waals surface area contributed by atoms with Crippen LogP contribution in [0, 0.1) is 17.8 Å². The number of nitrogens with zero attached hydrogens (tertiary/aromatic N) is 1. The average Bonchev–Trinajstić information content (AvgIpc) is 3.42. The second kappa shape index (κ2) is 13.3. The Morgan fingerprint density at radius 2 is 1.86 bits per heavy atom. The first-order valence-corrected chi connectivity index (χ1v) is 13.7. The average molecular weight is 620 g/mol. The van der Waals surface area contributed by atoms with Crippen molar-refractivity contribution in [1.29, 1.82) is 0 Å². The summed E-state index contributed by atoms with van der Waals surface area (Å²) in [5.74, 6) is -1.41. The normalized spacial score (nSPS) is 24.0. The molecule has 1 saturated heterocycles. The molecule has 1 saturated carbocycles. The number of imide groups is 1. The van der Waals surface area contributed by atoms with Crippen LogP contribution >= 0.6 is 22.6 Å². The van der Waals surface area contributed by atoms with E-state index >= 15 is 0 Å². The van der Waals surface area contributed by atoms with Crippen molar-refractivity contribution < 1.29 is 28.8 Å². The van der Waals surface area contributed by atoms with Crippen LogP contribution in [0.15, 0.2) is 0 Å². The summed E-state index contributed by atoms with van der Waals surface area (Å²) in [4.78, 5) is 74.2. The van der Waals surface area contributed by atoms with Crippen molar-refractivity contribution in [3.63, 3.8) is 0 Å². The maximum absolute atomic E-state index is 13.0. The summed E-state index contributed by atoms with van der Waals surface area (Å²) in [5, 5.41) is 8.11. The molecule has 0 radical (unpaired) electrons. The molecule has 0 bridgehead atoms. The van der Waals surface area contributed by atoms with E-state index in [0.29, 0.717) is 51.6 Å². The summed E-state index contributed by atoms with van der Waals surface area (Å²) in [6.45, 7) is 6.21. The van der Waals surface area contributed by atoms with Gasteiger partial charge in [-0.3, -0.25) is 28.9 Å². The van der Waals surface area contributed by atoms with E-state index < -0.39 is 23.5 Å². The Morgan fingerprint density at radius 3 is 2.42 bits per heavy atom. The number of amides is 6. The molecule has 2 fully saturated rings. The van der Waals surface area contributed by atoms with Crippen LogP contribution in [0.3, 0.4) is 0 Å². The molecule has 4 atom stereocenters. The molecule has 2 rings (SSSR count). The Balaban J connectivity index is 1.78. The molecule has 1 aliphatic carbocycles. The lowest BCUT2D eigenvalue weighted by molar-refractivity contribution is -0.139. The van der Waals surface area contributed by atoms with E-state index in [9.17, 15) is 28.8 Å². The summed E-state index contributed by atoms with van der Waals surface area (Å²) in [6, 6.07) is -1.43. The number of rotatable bonds is 15. The predicted molar refractivity (Wildman–Crippen MR) is 141 cm³/mol. The standard InChI is InChI=1S/C24H38IN5O6/c1-4-15-12-18(32)30(21(15)34)11-7-5-6-8-17(31)28-19(14(2)3)20(33)29-24(22(25)35)13-16(24)9-10-27-23(26)36/h14-16,19H,4-13H2,1-3H3,(H,28,31)(H,29,33)(H3,26,27,36)/t15?,16-,19+,24?/m1/s1. The lowest BCUT2D eigenvalue weighted by Gasteiger charge is -2.25. The van der Waals surface area contributed by atoms with E-state index in [-0.39, 0.29) is 52.1 Å². The van der Waals surface area contributed by atoms with Gasteiger partial charge in [0, 0.05) is 54.4 Å². The van der Waals surface area contributed by atoms with Crippen molar-refractivity contribution in [2.24, 2.45) is 23.5 Å². The zero-order valence-electron chi connectivity index (χ0n) is 21.2. The van der Waals surface area contributed by atoms with Gasteiger partial charge in [0.05, 0.1) is 0 Å². The number of hydrogen-bond acceptors (Lipinski definition) is 6. The van der Waals surface area contributed by atoms with Gasteiger partial charge in [0.2, 0.25) is 27.4 Å². The molecular formula is C24H38IN5O6. The molecule has 36 heavy (non-hydrogen) atoms. The topological polar surface area (TPSA) is 168 Å². The van der Waals surface area contributed by atoms with E-state index in [4.69, 9.17) is 5.73 Å². The maximum Gasteiger partial charge on any atom is 0.312 e. The molecule has 11 nitrogen and oxygen atoms in total. The van der Waals surface area contributed by atoms with Gasteiger partial charge < -0.3 is 21.7 Å². The van der Waals surface area contributed by atoms with Gasteiger partial charge >= 0.3 is 6.03 Å². The number of carbonyl (C=O) groups is 6. The summed E-state index contributed by atoms with van der Waals surface area (Å²) in [7, 11) is 0. The monoisotopic (exact) mass is 619 g/mol. The van der Waals surface area contributed by atoms with Crippen molar-refractivity contribution in [2.75, 3.05) is 13.1 Å². The molecular weight excluding hydrogens is 581 g/mol. The Hall–Kier alpha value is -2.25. The van der Waals surface area contributed by atoms with Crippen molar-refractivity contribution in [3.8, 4) is 0 Å². The fourth-order valence-electron chi connectivity index (χ4n) is 4.61. The Kier molecular flexibility index (Phi) is 11.1. The van der Waals surface area contributed by atoms with Crippen LogP contribution in [-0.4, -0.2) is 63.0 Å². The summed E-state index contributed by atoms with van der Waals surface area (Å²) in [5.41, 5.74) is 4.08. The zero-order chi connectivity index (χ0) is 27.0. The second-order valence-electron chi connectivity index (χ2n) is 10.0. The molecule has 202 valence electrons. The molecule has 0 aromatic heterocycles. The van der Waals surface area contributed by atoms with Crippen LogP contribution < -0.4 is 21.7 Å². The number of halogens is 1. The summed E-state index contributed by atoms with van der Waals surface area (Å²) < 4.78 is -0.188. The molecule has 1 aliphatic heterocycles. The number of likely N-dealkylation sites (tertiary alicyclic amines) is 1. The maximum atomic E-state index is 13.0. The van der Waals surface area contributed by atoms with E-state index in [1.807, 2.05) is 20.8 Å². The third-order valence-corrected chi connectivity index (χ3v) is 7.94. The van der Waals surface area contributed by atoms with Crippen LogP contribution in [0.1, 0.15) is 72.1 Å². The first kappa shape index (κ1) is 30.0. The highest BCUT2D eigenvalue weighted by Gasteiger charge is 2.59. The van der Waals surface area contributed by atoms with Crippen molar-refractivity contribution in [3.05, 3.63) is 0 Å². The lowest BCUT2D eigenvalue weighted by Crippen LogP contribution is -2.54. The summed E-state index contributed by atoms with van der Waals surface area (Å²) in [6.07, 6.45) is 4.00. The molecule has 0 spiro atoms. The second-order valence-corrected chi connectivity index (χ2v) is 11.0. The van der Waals surface area contributed by atoms with E-state index in [1.165, 1.54) is 4.90 Å². The Bertz CT molecular complexity index is 881. The Morgan fingerprint density at radius 1 is 1.17 bits per heavy atom. The number of urea groups is 1. The van der Waals surface area contributed by atoms with Crippen molar-refractivity contribution >= 4 is 56.0 Å². The number of primary amides is 1. The first-order chi connectivity index (χ1) is 16.9. The molecule has 0 aromatic rings. The smallest absolute Gasteiger partial charge is 0.312 e. The summed E-state index contributed by atoms with van der Waals surface area (Å²) >= 11 is 1.67. The quantitative estimate of drug-likeness (QED) is 0.0935. The van der Waals surface area contributed by atoms with E-state index in [0.717, 1.165) is 0 Å². The number of hydrogen-bond donors (Lipinski definition) is 4. The van der Waals surface area contributed by atoms with Gasteiger partial charge in [0.25, 0.3) is 0 Å². The third kappa shape index (κ3) is 7.87. The highest BCUT2D eigenvalue weighted by molar-refractivity contribution is 14.1. The van der Waals surface area contributed by atoms with E-state index in [1.54, 1.807) is 22.6 Å².